The Kier molecular flexibility index (Phi) is 3.88. The predicted molar refractivity (Wildman–Crippen MR) is 62.0 cm³/mol. The molecule has 3 N–H and O–H groups in total. The van der Waals surface area contributed by atoms with E-state index in [9.17, 15) is 0 Å². The Morgan fingerprint density at radius 3 is 2.67 bits per heavy atom. The molecule has 0 aliphatic rings. The lowest BCUT2D eigenvalue weighted by atomic mass is 9.86. The van der Waals surface area contributed by atoms with Crippen LogP contribution >= 0.6 is 0 Å². The van der Waals surface area contributed by atoms with Gasteiger partial charge < -0.3 is 4.57 Å². The molecule has 1 atom stereocenters. The summed E-state index contributed by atoms with van der Waals surface area (Å²) in [5.74, 6) is 6.63. The molecule has 0 aliphatic carbocycles. The highest BCUT2D eigenvalue weighted by Crippen LogP contribution is 2.30. The lowest BCUT2D eigenvalue weighted by molar-refractivity contribution is 0.257. The lowest BCUT2D eigenvalue weighted by Crippen LogP contribution is -2.38. The average Bonchev–Trinajstić information content (AvgIpc) is 2.53. The average molecular weight is 210 g/mol. The van der Waals surface area contributed by atoms with E-state index in [-0.39, 0.29) is 11.5 Å². The number of nitrogens with one attached hydrogen (secondary N) is 1. The largest absolute Gasteiger partial charge is 0.334 e. The van der Waals surface area contributed by atoms with E-state index in [0.29, 0.717) is 0 Å². The summed E-state index contributed by atoms with van der Waals surface area (Å²) >= 11 is 0. The van der Waals surface area contributed by atoms with Crippen molar-refractivity contribution in [3.05, 3.63) is 18.2 Å². The van der Waals surface area contributed by atoms with Gasteiger partial charge in [-0.05, 0) is 11.8 Å². The molecule has 1 rings (SSSR count). The van der Waals surface area contributed by atoms with Crippen LogP contribution in [0.4, 0.5) is 0 Å². The van der Waals surface area contributed by atoms with Gasteiger partial charge in [0.1, 0.15) is 5.82 Å². The Balaban J connectivity index is 2.96. The summed E-state index contributed by atoms with van der Waals surface area (Å²) in [4.78, 5) is 4.39. The van der Waals surface area contributed by atoms with Gasteiger partial charge in [-0.25, -0.2) is 10.4 Å². The van der Waals surface area contributed by atoms with Crippen molar-refractivity contribution in [2.24, 2.45) is 11.3 Å². The van der Waals surface area contributed by atoms with E-state index in [1.54, 1.807) is 0 Å². The molecule has 0 bridgehead atoms. The second kappa shape index (κ2) is 4.77. The van der Waals surface area contributed by atoms with Crippen molar-refractivity contribution in [3.8, 4) is 0 Å². The highest BCUT2D eigenvalue weighted by atomic mass is 15.3. The van der Waals surface area contributed by atoms with Gasteiger partial charge in [0.2, 0.25) is 0 Å². The quantitative estimate of drug-likeness (QED) is 0.589. The molecule has 0 fully saturated rings. The second-order valence-corrected chi connectivity index (χ2v) is 4.94. The van der Waals surface area contributed by atoms with Crippen molar-refractivity contribution in [1.29, 1.82) is 0 Å². The van der Waals surface area contributed by atoms with Crippen LogP contribution in [0.15, 0.2) is 12.4 Å². The molecule has 1 unspecified atom stereocenters. The molecule has 0 amide bonds. The first-order valence-corrected chi connectivity index (χ1v) is 5.47. The van der Waals surface area contributed by atoms with Crippen LogP contribution < -0.4 is 11.3 Å². The van der Waals surface area contributed by atoms with E-state index in [1.807, 2.05) is 12.4 Å². The third-order valence-corrected chi connectivity index (χ3v) is 2.50. The molecule has 0 radical (unpaired) electrons. The third-order valence-electron chi connectivity index (χ3n) is 2.50. The molecule has 4 nitrogen and oxygen atoms in total. The topological polar surface area (TPSA) is 55.9 Å². The summed E-state index contributed by atoms with van der Waals surface area (Å²) in [5, 5.41) is 0. The van der Waals surface area contributed by atoms with E-state index in [0.717, 1.165) is 18.8 Å². The Morgan fingerprint density at radius 1 is 1.53 bits per heavy atom. The molecular formula is C11H22N4. The van der Waals surface area contributed by atoms with E-state index in [4.69, 9.17) is 5.84 Å². The number of hydrogen-bond acceptors (Lipinski definition) is 3. The zero-order valence-electron chi connectivity index (χ0n) is 10.1. The molecular weight excluding hydrogens is 188 g/mol. The summed E-state index contributed by atoms with van der Waals surface area (Å²) in [6, 6.07) is 0.0825. The minimum absolute atomic E-state index is 0.0611. The number of aryl methyl sites for hydroxylation is 1. The van der Waals surface area contributed by atoms with Crippen LogP contribution in [0.3, 0.4) is 0 Å². The Labute approximate surface area is 91.8 Å². The van der Waals surface area contributed by atoms with Gasteiger partial charge in [0, 0.05) is 18.9 Å². The molecule has 0 spiro atoms. The van der Waals surface area contributed by atoms with Crippen LogP contribution in [0.5, 0.6) is 0 Å². The molecule has 0 aliphatic heterocycles. The molecule has 0 saturated heterocycles. The fourth-order valence-electron chi connectivity index (χ4n) is 1.72. The zero-order chi connectivity index (χ0) is 11.5. The molecule has 86 valence electrons. The zero-order valence-corrected chi connectivity index (χ0v) is 10.1. The van der Waals surface area contributed by atoms with E-state index in [2.05, 4.69) is 42.7 Å². The SMILES string of the molecule is CCCn1ccnc1C(NN)C(C)(C)C. The van der Waals surface area contributed by atoms with Gasteiger partial charge in [-0.2, -0.15) is 0 Å². The number of imidazole rings is 1. The standard InChI is InChI=1S/C11H22N4/c1-5-7-15-8-6-13-10(15)9(14-12)11(2,3)4/h6,8-9,14H,5,7,12H2,1-4H3. The van der Waals surface area contributed by atoms with Crippen LogP contribution in [-0.4, -0.2) is 9.55 Å². The first kappa shape index (κ1) is 12.2. The molecule has 15 heavy (non-hydrogen) atoms. The van der Waals surface area contributed by atoms with Crippen LogP contribution in [-0.2, 0) is 6.54 Å². The Morgan fingerprint density at radius 2 is 2.20 bits per heavy atom. The number of nitrogens with two attached hydrogens (primary N) is 1. The van der Waals surface area contributed by atoms with Crippen molar-refractivity contribution in [3.63, 3.8) is 0 Å². The number of hydrazine groups is 1. The molecule has 1 heterocycles. The fraction of sp³-hybridized carbons (Fsp3) is 0.727. The van der Waals surface area contributed by atoms with Crippen LogP contribution in [0, 0.1) is 5.41 Å². The molecule has 1 aromatic heterocycles. The summed E-state index contributed by atoms with van der Waals surface area (Å²) < 4.78 is 2.16. The molecule has 0 aromatic carbocycles. The summed E-state index contributed by atoms with van der Waals surface area (Å²) in [6.45, 7) is 9.61. The first-order chi connectivity index (χ1) is 7.00. The Hall–Kier alpha value is -0.870. The normalized spacial score (nSPS) is 14.2. The number of aromatic nitrogens is 2. The van der Waals surface area contributed by atoms with Gasteiger partial charge in [0.05, 0.1) is 6.04 Å². The maximum atomic E-state index is 5.61. The van der Waals surface area contributed by atoms with Gasteiger partial charge in [-0.15, -0.1) is 0 Å². The monoisotopic (exact) mass is 210 g/mol. The predicted octanol–water partition coefficient (Wildman–Crippen LogP) is 1.84. The highest BCUT2D eigenvalue weighted by molar-refractivity contribution is 5.03. The fourth-order valence-corrected chi connectivity index (χ4v) is 1.72. The van der Waals surface area contributed by atoms with Crippen molar-refractivity contribution in [1.82, 2.24) is 15.0 Å². The number of hydrogen-bond donors (Lipinski definition) is 2. The van der Waals surface area contributed by atoms with Crippen molar-refractivity contribution in [2.75, 3.05) is 0 Å². The number of rotatable bonds is 4. The lowest BCUT2D eigenvalue weighted by Gasteiger charge is -2.29. The maximum Gasteiger partial charge on any atom is 0.127 e. The van der Waals surface area contributed by atoms with Crippen molar-refractivity contribution >= 4 is 0 Å². The summed E-state index contributed by atoms with van der Waals surface area (Å²) in [6.07, 6.45) is 4.95. The Bertz CT molecular complexity index is 298. The van der Waals surface area contributed by atoms with Crippen molar-refractivity contribution < 1.29 is 0 Å². The minimum atomic E-state index is 0.0611. The first-order valence-electron chi connectivity index (χ1n) is 5.47. The van der Waals surface area contributed by atoms with Crippen molar-refractivity contribution in [2.45, 2.75) is 46.7 Å². The minimum Gasteiger partial charge on any atom is -0.334 e. The third kappa shape index (κ3) is 2.79. The molecule has 0 saturated carbocycles. The summed E-state index contributed by atoms with van der Waals surface area (Å²) in [7, 11) is 0. The summed E-state index contributed by atoms with van der Waals surface area (Å²) in [5.41, 5.74) is 2.92. The van der Waals surface area contributed by atoms with Gasteiger partial charge in [0.15, 0.2) is 0 Å². The highest BCUT2D eigenvalue weighted by Gasteiger charge is 2.28. The van der Waals surface area contributed by atoms with Gasteiger partial charge in [-0.3, -0.25) is 5.84 Å². The van der Waals surface area contributed by atoms with Gasteiger partial charge in [0.25, 0.3) is 0 Å². The van der Waals surface area contributed by atoms with Gasteiger partial charge >= 0.3 is 0 Å². The maximum absolute atomic E-state index is 5.61. The van der Waals surface area contributed by atoms with Crippen LogP contribution in [0.25, 0.3) is 0 Å². The van der Waals surface area contributed by atoms with Crippen LogP contribution in [0.2, 0.25) is 0 Å². The van der Waals surface area contributed by atoms with E-state index in [1.165, 1.54) is 0 Å². The second-order valence-electron chi connectivity index (χ2n) is 4.94. The van der Waals surface area contributed by atoms with Gasteiger partial charge in [-0.1, -0.05) is 27.7 Å². The molecule has 4 heteroatoms. The number of nitrogens with zero attached hydrogens (tertiary/aromatic N) is 2. The van der Waals surface area contributed by atoms with E-state index < -0.39 is 0 Å². The van der Waals surface area contributed by atoms with E-state index >= 15 is 0 Å². The van der Waals surface area contributed by atoms with Crippen LogP contribution in [0.1, 0.15) is 46.0 Å². The smallest absolute Gasteiger partial charge is 0.127 e. The molecule has 1 aromatic rings.